The zero-order chi connectivity index (χ0) is 8.27. The predicted molar refractivity (Wildman–Crippen MR) is 38.5 cm³/mol. The Morgan fingerprint density at radius 2 is 2.36 bits per heavy atom. The third kappa shape index (κ3) is 2.60. The van der Waals surface area contributed by atoms with Crippen LogP contribution in [0.4, 0.5) is 0 Å². The van der Waals surface area contributed by atoms with Crippen molar-refractivity contribution in [2.45, 2.75) is 18.9 Å². The quantitative estimate of drug-likeness (QED) is 0.327. The Kier molecular flexibility index (Phi) is 2.50. The fourth-order valence-corrected chi connectivity index (χ4v) is 0.714. The summed E-state index contributed by atoms with van der Waals surface area (Å²) in [6.07, 6.45) is 1.38. The van der Waals surface area contributed by atoms with Gasteiger partial charge in [-0.25, -0.2) is 4.79 Å². The molecule has 1 atom stereocenters. The van der Waals surface area contributed by atoms with Crippen molar-refractivity contribution in [1.29, 1.82) is 0 Å². The van der Waals surface area contributed by atoms with Crippen LogP contribution in [-0.2, 0) is 9.53 Å². The highest BCUT2D eigenvalue weighted by atomic mass is 16.5. The largest absolute Gasteiger partial charge is 0.459 e. The van der Waals surface area contributed by atoms with E-state index in [4.69, 9.17) is 5.11 Å². The van der Waals surface area contributed by atoms with Gasteiger partial charge in [-0.05, 0) is 18.8 Å². The van der Waals surface area contributed by atoms with Gasteiger partial charge in [0.1, 0.15) is 6.10 Å². The van der Waals surface area contributed by atoms with Gasteiger partial charge in [0.2, 0.25) is 0 Å². The SMILES string of the molecule is COC(=O)C#CC(O)C1CC1. The van der Waals surface area contributed by atoms with Gasteiger partial charge < -0.3 is 9.84 Å². The molecule has 1 aliphatic rings. The first-order chi connectivity index (χ1) is 5.24. The lowest BCUT2D eigenvalue weighted by atomic mass is 10.2. The molecular weight excluding hydrogens is 144 g/mol. The van der Waals surface area contributed by atoms with E-state index in [1.54, 1.807) is 0 Å². The highest BCUT2D eigenvalue weighted by Gasteiger charge is 2.28. The summed E-state index contributed by atoms with van der Waals surface area (Å²) in [5, 5.41) is 9.15. The van der Waals surface area contributed by atoms with Crippen molar-refractivity contribution >= 4 is 5.97 Å². The van der Waals surface area contributed by atoms with E-state index >= 15 is 0 Å². The second kappa shape index (κ2) is 3.40. The maximum atomic E-state index is 10.5. The Hall–Kier alpha value is -1.01. The van der Waals surface area contributed by atoms with Crippen LogP contribution in [0, 0.1) is 17.8 Å². The Labute approximate surface area is 65.4 Å². The molecule has 0 saturated heterocycles. The standard InChI is InChI=1S/C8H10O3/c1-11-8(10)5-4-7(9)6-2-3-6/h6-7,9H,2-3H2,1H3. The van der Waals surface area contributed by atoms with E-state index in [2.05, 4.69) is 16.6 Å². The molecule has 3 nitrogen and oxygen atoms in total. The van der Waals surface area contributed by atoms with Crippen LogP contribution in [0.2, 0.25) is 0 Å². The molecule has 0 amide bonds. The fourth-order valence-electron chi connectivity index (χ4n) is 0.714. The molecule has 1 aliphatic carbocycles. The van der Waals surface area contributed by atoms with Crippen molar-refractivity contribution in [3.8, 4) is 11.8 Å². The zero-order valence-electron chi connectivity index (χ0n) is 6.33. The molecule has 3 heteroatoms. The Morgan fingerprint density at radius 3 is 2.82 bits per heavy atom. The summed E-state index contributed by atoms with van der Waals surface area (Å²) in [6, 6.07) is 0. The fraction of sp³-hybridized carbons (Fsp3) is 0.625. The minimum absolute atomic E-state index is 0.284. The minimum Gasteiger partial charge on any atom is -0.459 e. The lowest BCUT2D eigenvalue weighted by molar-refractivity contribution is -0.133. The number of carbonyl (C=O) groups excluding carboxylic acids is 1. The van der Waals surface area contributed by atoms with Crippen molar-refractivity contribution in [3.63, 3.8) is 0 Å². The average Bonchev–Trinajstić information content (AvgIpc) is 2.81. The Bertz CT molecular complexity index is 207. The van der Waals surface area contributed by atoms with E-state index in [0.29, 0.717) is 0 Å². The first-order valence-electron chi connectivity index (χ1n) is 3.51. The second-order valence-corrected chi connectivity index (χ2v) is 2.54. The van der Waals surface area contributed by atoms with Crippen LogP contribution in [0.5, 0.6) is 0 Å². The molecule has 0 heterocycles. The lowest BCUT2D eigenvalue weighted by Gasteiger charge is -1.95. The van der Waals surface area contributed by atoms with E-state index in [0.717, 1.165) is 12.8 Å². The molecule has 0 radical (unpaired) electrons. The van der Waals surface area contributed by atoms with Gasteiger partial charge in [0.25, 0.3) is 0 Å². The van der Waals surface area contributed by atoms with Crippen molar-refractivity contribution < 1.29 is 14.6 Å². The van der Waals surface area contributed by atoms with Crippen LogP contribution in [0.25, 0.3) is 0 Å². The highest BCUT2D eigenvalue weighted by molar-refractivity contribution is 5.88. The summed E-state index contributed by atoms with van der Waals surface area (Å²) < 4.78 is 4.28. The number of hydrogen-bond acceptors (Lipinski definition) is 3. The van der Waals surface area contributed by atoms with E-state index in [-0.39, 0.29) is 5.92 Å². The maximum Gasteiger partial charge on any atom is 0.384 e. The van der Waals surface area contributed by atoms with Crippen LogP contribution in [0.1, 0.15) is 12.8 Å². The molecule has 1 saturated carbocycles. The van der Waals surface area contributed by atoms with Crippen LogP contribution in [-0.4, -0.2) is 24.3 Å². The molecular formula is C8H10O3. The Morgan fingerprint density at radius 1 is 1.73 bits per heavy atom. The molecule has 11 heavy (non-hydrogen) atoms. The summed E-state index contributed by atoms with van der Waals surface area (Å²) in [7, 11) is 1.26. The molecule has 0 bridgehead atoms. The summed E-state index contributed by atoms with van der Waals surface area (Å²) in [4.78, 5) is 10.5. The molecule has 0 aliphatic heterocycles. The van der Waals surface area contributed by atoms with Gasteiger partial charge in [-0.3, -0.25) is 0 Å². The van der Waals surface area contributed by atoms with E-state index in [1.807, 2.05) is 0 Å². The number of hydrogen-bond donors (Lipinski definition) is 1. The highest BCUT2D eigenvalue weighted by Crippen LogP contribution is 2.31. The van der Waals surface area contributed by atoms with Crippen molar-refractivity contribution in [2.75, 3.05) is 7.11 Å². The van der Waals surface area contributed by atoms with Crippen LogP contribution >= 0.6 is 0 Å². The monoisotopic (exact) mass is 154 g/mol. The number of rotatable bonds is 1. The maximum absolute atomic E-state index is 10.5. The van der Waals surface area contributed by atoms with Gasteiger partial charge in [-0.15, -0.1) is 0 Å². The number of esters is 1. The minimum atomic E-state index is -0.644. The molecule has 0 aromatic rings. The van der Waals surface area contributed by atoms with Gasteiger partial charge in [0, 0.05) is 5.92 Å². The predicted octanol–water partition coefficient (Wildman–Crippen LogP) is -0.0663. The smallest absolute Gasteiger partial charge is 0.384 e. The Balaban J connectivity index is 2.35. The molecule has 0 spiro atoms. The summed E-state index contributed by atoms with van der Waals surface area (Å²) in [5.74, 6) is 4.31. The topological polar surface area (TPSA) is 46.5 Å². The molecule has 1 fully saturated rings. The lowest BCUT2D eigenvalue weighted by Crippen LogP contribution is -2.06. The van der Waals surface area contributed by atoms with E-state index < -0.39 is 12.1 Å². The van der Waals surface area contributed by atoms with Crippen LogP contribution in [0.15, 0.2) is 0 Å². The number of carbonyl (C=O) groups is 1. The molecule has 1 rings (SSSR count). The summed E-state index contributed by atoms with van der Waals surface area (Å²) in [6.45, 7) is 0. The summed E-state index contributed by atoms with van der Waals surface area (Å²) in [5.41, 5.74) is 0. The molecule has 1 unspecified atom stereocenters. The third-order valence-electron chi connectivity index (χ3n) is 1.58. The van der Waals surface area contributed by atoms with Crippen LogP contribution < -0.4 is 0 Å². The first kappa shape index (κ1) is 8.09. The average molecular weight is 154 g/mol. The van der Waals surface area contributed by atoms with Gasteiger partial charge in [0.05, 0.1) is 7.11 Å². The molecule has 0 aromatic heterocycles. The number of aliphatic hydroxyl groups excluding tert-OH is 1. The number of ether oxygens (including phenoxy) is 1. The normalized spacial score (nSPS) is 18.0. The first-order valence-corrected chi connectivity index (χ1v) is 3.51. The van der Waals surface area contributed by atoms with Crippen molar-refractivity contribution in [3.05, 3.63) is 0 Å². The van der Waals surface area contributed by atoms with Gasteiger partial charge in [0.15, 0.2) is 0 Å². The van der Waals surface area contributed by atoms with Gasteiger partial charge in [-0.2, -0.15) is 0 Å². The van der Waals surface area contributed by atoms with Gasteiger partial charge >= 0.3 is 5.97 Å². The van der Waals surface area contributed by atoms with E-state index in [1.165, 1.54) is 7.11 Å². The summed E-state index contributed by atoms with van der Waals surface area (Å²) >= 11 is 0. The van der Waals surface area contributed by atoms with Crippen molar-refractivity contribution in [2.24, 2.45) is 5.92 Å². The van der Waals surface area contributed by atoms with Gasteiger partial charge in [-0.1, -0.05) is 5.92 Å². The van der Waals surface area contributed by atoms with E-state index in [9.17, 15) is 4.79 Å². The zero-order valence-corrected chi connectivity index (χ0v) is 6.33. The van der Waals surface area contributed by atoms with Crippen molar-refractivity contribution in [1.82, 2.24) is 0 Å². The molecule has 1 N–H and O–H groups in total. The van der Waals surface area contributed by atoms with Crippen LogP contribution in [0.3, 0.4) is 0 Å². The third-order valence-corrected chi connectivity index (χ3v) is 1.58. The second-order valence-electron chi connectivity index (χ2n) is 2.54. The molecule has 60 valence electrons. The molecule has 0 aromatic carbocycles. The number of methoxy groups -OCH3 is 1. The number of aliphatic hydroxyl groups is 1.